The molecule has 0 amide bonds. The minimum absolute atomic E-state index is 0.0154. The number of imidazole rings is 1. The van der Waals surface area contributed by atoms with Gasteiger partial charge < -0.3 is 19.6 Å². The van der Waals surface area contributed by atoms with Crippen LogP contribution in [0.2, 0.25) is 10.0 Å². The van der Waals surface area contributed by atoms with Crippen LogP contribution in [0.5, 0.6) is 5.75 Å². The summed E-state index contributed by atoms with van der Waals surface area (Å²) in [5.41, 5.74) is 3.14. The maximum atomic E-state index is 12.1. The Hall–Kier alpha value is -2.62. The van der Waals surface area contributed by atoms with Crippen molar-refractivity contribution in [2.75, 3.05) is 32.7 Å². The van der Waals surface area contributed by atoms with Crippen LogP contribution in [0.3, 0.4) is 0 Å². The lowest BCUT2D eigenvalue weighted by Crippen LogP contribution is -2.09. The largest absolute Gasteiger partial charge is 0.491 e. The first-order chi connectivity index (χ1) is 17.3. The number of ether oxygens (including phenoxy) is 2. The van der Waals surface area contributed by atoms with E-state index in [0.29, 0.717) is 57.0 Å². The van der Waals surface area contributed by atoms with Gasteiger partial charge >= 0.3 is 0 Å². The van der Waals surface area contributed by atoms with E-state index in [-0.39, 0.29) is 17.3 Å². The van der Waals surface area contributed by atoms with Gasteiger partial charge in [-0.3, -0.25) is 0 Å². The summed E-state index contributed by atoms with van der Waals surface area (Å²) in [6, 6.07) is 15.6. The predicted octanol–water partition coefficient (Wildman–Crippen LogP) is 5.48. The topological polar surface area (TPSA) is 102 Å². The van der Waals surface area contributed by atoms with Crippen molar-refractivity contribution >= 4 is 44.1 Å². The number of H-pyrrole nitrogens is 1. The van der Waals surface area contributed by atoms with Gasteiger partial charge in [0.05, 0.1) is 45.3 Å². The quantitative estimate of drug-likeness (QED) is 0.254. The average Bonchev–Trinajstić information content (AvgIpc) is 3.29. The molecule has 1 heterocycles. The molecule has 10 heteroatoms. The molecule has 4 rings (SSSR count). The molecule has 0 aliphatic heterocycles. The zero-order chi connectivity index (χ0) is 25.9. The van der Waals surface area contributed by atoms with Crippen LogP contribution in [0, 0.1) is 0 Å². The number of halogens is 2. The molecule has 1 atom stereocenters. The summed E-state index contributed by atoms with van der Waals surface area (Å²) in [5, 5.41) is 10.9. The first-order valence-corrected chi connectivity index (χ1v) is 13.7. The summed E-state index contributed by atoms with van der Waals surface area (Å²) >= 11 is 13.5. The minimum Gasteiger partial charge on any atom is -0.491 e. The number of para-hydroxylation sites is 1. The van der Waals surface area contributed by atoms with Crippen molar-refractivity contribution in [3.63, 3.8) is 0 Å². The third-order valence-electron chi connectivity index (χ3n) is 5.92. The Kier molecular flexibility index (Phi) is 8.22. The first-order valence-electron chi connectivity index (χ1n) is 11.3. The van der Waals surface area contributed by atoms with Crippen molar-refractivity contribution < 1.29 is 23.0 Å². The number of nitrogens with zero attached hydrogens (tertiary/aromatic N) is 1. The van der Waals surface area contributed by atoms with Crippen LogP contribution in [-0.4, -0.2) is 56.2 Å². The second kappa shape index (κ2) is 11.2. The van der Waals surface area contributed by atoms with Crippen LogP contribution >= 0.6 is 23.2 Å². The number of aliphatic hydroxyl groups excluding tert-OH is 1. The number of hydrogen-bond acceptors (Lipinski definition) is 6. The number of rotatable bonds is 10. The number of aromatic amines is 1. The van der Waals surface area contributed by atoms with Crippen LogP contribution in [0.4, 0.5) is 0 Å². The average molecular weight is 549 g/mol. The van der Waals surface area contributed by atoms with E-state index in [0.717, 1.165) is 5.56 Å². The highest BCUT2D eigenvalue weighted by molar-refractivity contribution is 7.91. The van der Waals surface area contributed by atoms with Crippen LogP contribution in [-0.2, 0) is 14.6 Å². The molecule has 36 heavy (non-hydrogen) atoms. The third-order valence-corrected chi connectivity index (χ3v) is 8.34. The normalized spacial score (nSPS) is 12.7. The summed E-state index contributed by atoms with van der Waals surface area (Å²) in [4.78, 5) is 8.14. The molecule has 3 aromatic carbocycles. The summed E-state index contributed by atoms with van der Waals surface area (Å²) in [6.45, 7) is 2.16. The molecular formula is C26H26Cl2N2O5S. The van der Waals surface area contributed by atoms with Gasteiger partial charge in [0.25, 0.3) is 0 Å². The maximum absolute atomic E-state index is 12.1. The molecule has 2 N–H and O–H groups in total. The van der Waals surface area contributed by atoms with Gasteiger partial charge in [-0.1, -0.05) is 60.5 Å². The zero-order valence-electron chi connectivity index (χ0n) is 19.8. The van der Waals surface area contributed by atoms with E-state index >= 15 is 0 Å². The van der Waals surface area contributed by atoms with Gasteiger partial charge in [0, 0.05) is 18.2 Å². The SMILES string of the molecule is CCS(=O)(=O)c1ccc(C(CO)c2nc3c(Cl)c(-c4ccccc4OCCOC)c(Cl)cc3[nH]2)cc1. The van der Waals surface area contributed by atoms with E-state index in [4.69, 9.17) is 37.7 Å². The van der Waals surface area contributed by atoms with E-state index in [1.807, 2.05) is 24.3 Å². The van der Waals surface area contributed by atoms with Crippen molar-refractivity contribution in [1.29, 1.82) is 0 Å². The van der Waals surface area contributed by atoms with Gasteiger partial charge in [-0.05, 0) is 29.8 Å². The van der Waals surface area contributed by atoms with Crippen molar-refractivity contribution in [1.82, 2.24) is 9.97 Å². The fourth-order valence-corrected chi connectivity index (χ4v) is 5.56. The molecule has 0 aliphatic carbocycles. The van der Waals surface area contributed by atoms with Crippen molar-refractivity contribution in [3.05, 3.63) is 76.0 Å². The van der Waals surface area contributed by atoms with E-state index in [1.165, 1.54) is 0 Å². The molecule has 190 valence electrons. The van der Waals surface area contributed by atoms with Gasteiger partial charge in [-0.25, -0.2) is 13.4 Å². The lowest BCUT2D eigenvalue weighted by molar-refractivity contribution is 0.146. The Morgan fingerprint density at radius 2 is 1.81 bits per heavy atom. The Bertz CT molecular complexity index is 1470. The molecule has 0 saturated heterocycles. The highest BCUT2D eigenvalue weighted by Gasteiger charge is 2.23. The second-order valence-corrected chi connectivity index (χ2v) is 11.2. The number of sulfone groups is 1. The smallest absolute Gasteiger partial charge is 0.178 e. The number of nitrogens with one attached hydrogen (secondary N) is 1. The number of methoxy groups -OCH3 is 1. The number of aliphatic hydroxyl groups is 1. The Labute approximate surface area is 219 Å². The van der Waals surface area contributed by atoms with Gasteiger partial charge in [0.15, 0.2) is 9.84 Å². The lowest BCUT2D eigenvalue weighted by atomic mass is 9.99. The van der Waals surface area contributed by atoms with Crippen LogP contribution in [0.1, 0.15) is 24.2 Å². The number of benzene rings is 3. The molecule has 7 nitrogen and oxygen atoms in total. The summed E-state index contributed by atoms with van der Waals surface area (Å²) in [6.07, 6.45) is 0. The first kappa shape index (κ1) is 26.4. The highest BCUT2D eigenvalue weighted by atomic mass is 35.5. The lowest BCUT2D eigenvalue weighted by Gasteiger charge is -2.14. The summed E-state index contributed by atoms with van der Waals surface area (Å²) in [7, 11) is -1.72. The molecule has 0 fully saturated rings. The molecule has 0 radical (unpaired) electrons. The summed E-state index contributed by atoms with van der Waals surface area (Å²) in [5.74, 6) is 0.600. The van der Waals surface area contributed by atoms with Crippen LogP contribution in [0.15, 0.2) is 59.5 Å². The third kappa shape index (κ3) is 5.23. The fraction of sp³-hybridized carbons (Fsp3) is 0.269. The summed E-state index contributed by atoms with van der Waals surface area (Å²) < 4.78 is 35.2. The number of aromatic nitrogens is 2. The molecule has 4 aromatic rings. The molecule has 0 bridgehead atoms. The fourth-order valence-electron chi connectivity index (χ4n) is 3.97. The molecule has 1 unspecified atom stereocenters. The van der Waals surface area contributed by atoms with Crippen molar-refractivity contribution in [2.24, 2.45) is 0 Å². The predicted molar refractivity (Wildman–Crippen MR) is 142 cm³/mol. The maximum Gasteiger partial charge on any atom is 0.178 e. The van der Waals surface area contributed by atoms with Crippen molar-refractivity contribution in [3.8, 4) is 16.9 Å². The minimum atomic E-state index is -3.32. The number of hydrogen-bond donors (Lipinski definition) is 2. The molecule has 0 spiro atoms. The van der Waals surface area contributed by atoms with E-state index < -0.39 is 15.8 Å². The molecule has 0 saturated carbocycles. The van der Waals surface area contributed by atoms with Gasteiger partial charge in [-0.15, -0.1) is 0 Å². The second-order valence-electron chi connectivity index (χ2n) is 8.11. The van der Waals surface area contributed by atoms with Crippen LogP contribution < -0.4 is 4.74 Å². The van der Waals surface area contributed by atoms with E-state index in [9.17, 15) is 13.5 Å². The molecule has 0 aliphatic rings. The zero-order valence-corrected chi connectivity index (χ0v) is 22.1. The molecular weight excluding hydrogens is 523 g/mol. The van der Waals surface area contributed by atoms with Gasteiger partial charge in [0.2, 0.25) is 0 Å². The van der Waals surface area contributed by atoms with Gasteiger partial charge in [-0.2, -0.15) is 0 Å². The number of fused-ring (bicyclic) bond motifs is 1. The van der Waals surface area contributed by atoms with E-state index in [2.05, 4.69) is 4.98 Å². The van der Waals surface area contributed by atoms with Crippen molar-refractivity contribution in [2.45, 2.75) is 17.7 Å². The highest BCUT2D eigenvalue weighted by Crippen LogP contribution is 2.43. The van der Waals surface area contributed by atoms with E-state index in [1.54, 1.807) is 44.4 Å². The Balaban J connectivity index is 1.75. The monoisotopic (exact) mass is 548 g/mol. The van der Waals surface area contributed by atoms with Crippen LogP contribution in [0.25, 0.3) is 22.2 Å². The standard InChI is InChI=1S/C26H26Cl2N2O5S/c1-3-36(32,33)17-10-8-16(9-11-17)19(15-31)26-29-21-14-20(27)23(24(28)25(21)30-26)18-6-4-5-7-22(18)35-13-12-34-2/h4-11,14,19,31H,3,12-13,15H2,1-2H3,(H,29,30). The Morgan fingerprint density at radius 1 is 1.08 bits per heavy atom. The molecule has 1 aromatic heterocycles. The van der Waals surface area contributed by atoms with Gasteiger partial charge in [0.1, 0.15) is 23.7 Å². The Morgan fingerprint density at radius 3 is 2.47 bits per heavy atom.